The molecule has 2 aromatic carbocycles. The van der Waals surface area contributed by atoms with Crippen LogP contribution in [0.3, 0.4) is 0 Å². The van der Waals surface area contributed by atoms with E-state index in [-0.39, 0.29) is 11.9 Å². The molecule has 0 aromatic heterocycles. The Kier molecular flexibility index (Phi) is 4.72. The Morgan fingerprint density at radius 1 is 1.05 bits per heavy atom. The smallest absolute Gasteiger partial charge is 0.244 e. The fourth-order valence-electron chi connectivity index (χ4n) is 1.94. The highest BCUT2D eigenvalue weighted by molar-refractivity contribution is 5.91. The molecule has 102 valence electrons. The molecule has 0 unspecified atom stereocenters. The maximum atomic E-state index is 11.9. The lowest BCUT2D eigenvalue weighted by Gasteiger charge is -2.13. The molecule has 1 amide bonds. The topological polar surface area (TPSA) is 29.1 Å². The van der Waals surface area contributed by atoms with Crippen LogP contribution in [-0.2, 0) is 4.79 Å². The van der Waals surface area contributed by atoms with E-state index in [0.29, 0.717) is 0 Å². The lowest BCUT2D eigenvalue weighted by molar-refractivity contribution is -0.117. The summed E-state index contributed by atoms with van der Waals surface area (Å²) >= 11 is 0. The largest absolute Gasteiger partial charge is 0.346 e. The molecule has 0 aliphatic carbocycles. The van der Waals surface area contributed by atoms with E-state index in [0.717, 1.165) is 11.1 Å². The van der Waals surface area contributed by atoms with Gasteiger partial charge in [-0.25, -0.2) is 0 Å². The molecule has 1 N–H and O–H groups in total. The zero-order chi connectivity index (χ0) is 14.4. The highest BCUT2D eigenvalue weighted by Crippen LogP contribution is 2.13. The van der Waals surface area contributed by atoms with E-state index in [1.54, 1.807) is 6.08 Å². The SMILES string of the molecule is Cc1ccc([C@H](C)NC(=O)/C=C/c2ccccc2)cc1. The van der Waals surface area contributed by atoms with Crippen molar-refractivity contribution in [2.45, 2.75) is 19.9 Å². The van der Waals surface area contributed by atoms with Crippen molar-refractivity contribution >= 4 is 12.0 Å². The van der Waals surface area contributed by atoms with Crippen LogP contribution in [0.4, 0.5) is 0 Å². The highest BCUT2D eigenvalue weighted by atomic mass is 16.1. The molecule has 0 saturated carbocycles. The average molecular weight is 265 g/mol. The van der Waals surface area contributed by atoms with Crippen molar-refractivity contribution in [1.82, 2.24) is 5.32 Å². The quantitative estimate of drug-likeness (QED) is 0.835. The van der Waals surface area contributed by atoms with Gasteiger partial charge in [0.05, 0.1) is 6.04 Å². The molecule has 2 rings (SSSR count). The van der Waals surface area contributed by atoms with Gasteiger partial charge in [0.2, 0.25) is 5.91 Å². The Balaban J connectivity index is 1.94. The van der Waals surface area contributed by atoms with Crippen LogP contribution in [0.1, 0.15) is 29.7 Å². The number of aryl methyl sites for hydroxylation is 1. The summed E-state index contributed by atoms with van der Waals surface area (Å²) in [6.45, 7) is 4.04. The molecule has 2 heteroatoms. The summed E-state index contributed by atoms with van der Waals surface area (Å²) in [5.41, 5.74) is 3.35. The van der Waals surface area contributed by atoms with Gasteiger partial charge in [-0.3, -0.25) is 4.79 Å². The lowest BCUT2D eigenvalue weighted by atomic mass is 10.1. The third kappa shape index (κ3) is 4.09. The van der Waals surface area contributed by atoms with Crippen molar-refractivity contribution in [2.75, 3.05) is 0 Å². The van der Waals surface area contributed by atoms with Crippen LogP contribution in [0.2, 0.25) is 0 Å². The summed E-state index contributed by atoms with van der Waals surface area (Å²) in [5.74, 6) is -0.0815. The molecule has 0 aliphatic rings. The first-order valence-electron chi connectivity index (χ1n) is 6.75. The van der Waals surface area contributed by atoms with Gasteiger partial charge in [-0.1, -0.05) is 60.2 Å². The molecular formula is C18H19NO. The number of benzene rings is 2. The first-order chi connectivity index (χ1) is 9.65. The Bertz CT molecular complexity index is 585. The molecule has 1 atom stereocenters. The van der Waals surface area contributed by atoms with E-state index < -0.39 is 0 Å². The first kappa shape index (κ1) is 14.1. The molecule has 0 saturated heterocycles. The minimum absolute atomic E-state index is 0.00326. The predicted octanol–water partition coefficient (Wildman–Crippen LogP) is 3.89. The Labute approximate surface area is 120 Å². The van der Waals surface area contributed by atoms with E-state index in [2.05, 4.69) is 24.4 Å². The van der Waals surface area contributed by atoms with Gasteiger partial charge in [-0.2, -0.15) is 0 Å². The maximum Gasteiger partial charge on any atom is 0.244 e. The number of rotatable bonds is 4. The normalized spacial score (nSPS) is 12.3. The molecule has 0 bridgehead atoms. The Morgan fingerprint density at radius 2 is 1.70 bits per heavy atom. The fourth-order valence-corrected chi connectivity index (χ4v) is 1.94. The summed E-state index contributed by atoms with van der Waals surface area (Å²) in [7, 11) is 0. The number of amides is 1. The van der Waals surface area contributed by atoms with Gasteiger partial charge in [-0.05, 0) is 31.1 Å². The van der Waals surface area contributed by atoms with Gasteiger partial charge in [0.15, 0.2) is 0 Å². The predicted molar refractivity (Wildman–Crippen MR) is 83.2 cm³/mol. The number of hydrogen-bond donors (Lipinski definition) is 1. The van der Waals surface area contributed by atoms with Gasteiger partial charge in [0, 0.05) is 6.08 Å². The molecule has 2 nitrogen and oxygen atoms in total. The average Bonchev–Trinajstić information content (AvgIpc) is 2.47. The molecule has 0 aliphatic heterocycles. The Hall–Kier alpha value is -2.35. The second-order valence-corrected chi connectivity index (χ2v) is 4.88. The summed E-state index contributed by atoms with van der Waals surface area (Å²) < 4.78 is 0. The van der Waals surface area contributed by atoms with E-state index in [1.807, 2.05) is 55.5 Å². The minimum atomic E-state index is -0.0815. The zero-order valence-electron chi connectivity index (χ0n) is 11.8. The van der Waals surface area contributed by atoms with Gasteiger partial charge < -0.3 is 5.32 Å². The number of hydrogen-bond acceptors (Lipinski definition) is 1. The monoisotopic (exact) mass is 265 g/mol. The van der Waals surface area contributed by atoms with Crippen molar-refractivity contribution in [3.05, 3.63) is 77.4 Å². The minimum Gasteiger partial charge on any atom is -0.346 e. The second-order valence-electron chi connectivity index (χ2n) is 4.88. The van der Waals surface area contributed by atoms with Crippen molar-refractivity contribution in [2.24, 2.45) is 0 Å². The fraction of sp³-hybridized carbons (Fsp3) is 0.167. The molecule has 0 spiro atoms. The molecule has 20 heavy (non-hydrogen) atoms. The van der Waals surface area contributed by atoms with Crippen LogP contribution >= 0.6 is 0 Å². The molecule has 0 fully saturated rings. The van der Waals surface area contributed by atoms with Crippen LogP contribution in [0, 0.1) is 6.92 Å². The summed E-state index contributed by atoms with van der Waals surface area (Å²) in [6.07, 6.45) is 3.39. The number of carbonyl (C=O) groups excluding carboxylic acids is 1. The van der Waals surface area contributed by atoms with Crippen molar-refractivity contribution in [3.8, 4) is 0 Å². The molecule has 2 aromatic rings. The van der Waals surface area contributed by atoms with Crippen molar-refractivity contribution < 1.29 is 4.79 Å². The second kappa shape index (κ2) is 6.71. The summed E-state index contributed by atoms with van der Waals surface area (Å²) in [4.78, 5) is 11.9. The highest BCUT2D eigenvalue weighted by Gasteiger charge is 2.06. The van der Waals surface area contributed by atoms with E-state index >= 15 is 0 Å². The van der Waals surface area contributed by atoms with Crippen LogP contribution in [0.25, 0.3) is 6.08 Å². The van der Waals surface area contributed by atoms with Gasteiger partial charge in [0.1, 0.15) is 0 Å². The lowest BCUT2D eigenvalue weighted by Crippen LogP contribution is -2.24. The van der Waals surface area contributed by atoms with E-state index in [1.165, 1.54) is 5.56 Å². The van der Waals surface area contributed by atoms with Gasteiger partial charge >= 0.3 is 0 Å². The van der Waals surface area contributed by atoms with Crippen molar-refractivity contribution in [1.29, 1.82) is 0 Å². The van der Waals surface area contributed by atoms with E-state index in [9.17, 15) is 4.79 Å². The maximum absolute atomic E-state index is 11.9. The number of nitrogens with one attached hydrogen (secondary N) is 1. The Morgan fingerprint density at radius 3 is 2.35 bits per heavy atom. The molecule has 0 heterocycles. The van der Waals surface area contributed by atoms with Gasteiger partial charge in [0.25, 0.3) is 0 Å². The van der Waals surface area contributed by atoms with Crippen molar-refractivity contribution in [3.63, 3.8) is 0 Å². The third-order valence-corrected chi connectivity index (χ3v) is 3.16. The first-order valence-corrected chi connectivity index (χ1v) is 6.75. The molecular weight excluding hydrogens is 246 g/mol. The third-order valence-electron chi connectivity index (χ3n) is 3.16. The van der Waals surface area contributed by atoms with Crippen LogP contribution in [0.15, 0.2) is 60.7 Å². The van der Waals surface area contributed by atoms with Crippen LogP contribution in [-0.4, -0.2) is 5.91 Å². The summed E-state index contributed by atoms with van der Waals surface area (Å²) in [5, 5.41) is 2.96. The van der Waals surface area contributed by atoms with Gasteiger partial charge in [-0.15, -0.1) is 0 Å². The number of carbonyl (C=O) groups is 1. The standard InChI is InChI=1S/C18H19NO/c1-14-8-11-17(12-9-14)15(2)19-18(20)13-10-16-6-4-3-5-7-16/h3-13,15H,1-2H3,(H,19,20)/b13-10+/t15-/m0/s1. The zero-order valence-corrected chi connectivity index (χ0v) is 11.8. The summed E-state index contributed by atoms with van der Waals surface area (Å²) in [6, 6.07) is 18.0. The molecule has 0 radical (unpaired) electrons. The van der Waals surface area contributed by atoms with E-state index in [4.69, 9.17) is 0 Å². The van der Waals surface area contributed by atoms with Crippen LogP contribution in [0.5, 0.6) is 0 Å². The van der Waals surface area contributed by atoms with Crippen LogP contribution < -0.4 is 5.32 Å².